The van der Waals surface area contributed by atoms with Gasteiger partial charge in [-0.3, -0.25) is 9.69 Å². The highest BCUT2D eigenvalue weighted by Crippen LogP contribution is 2.13. The van der Waals surface area contributed by atoms with Gasteiger partial charge in [0.2, 0.25) is 0 Å². The molecule has 20 heavy (non-hydrogen) atoms. The zero-order valence-electron chi connectivity index (χ0n) is 11.9. The molecular weight excluding hydrogens is 257 g/mol. The molecule has 1 saturated heterocycles. The van der Waals surface area contributed by atoms with Gasteiger partial charge in [0.25, 0.3) is 5.91 Å². The molecule has 1 unspecified atom stereocenters. The van der Waals surface area contributed by atoms with Gasteiger partial charge in [-0.15, -0.1) is 0 Å². The van der Waals surface area contributed by atoms with E-state index in [2.05, 4.69) is 17.1 Å². The Balaban J connectivity index is 1.87. The standard InChI is InChI=1S/C15H22FN3O/c1-11(19-5-3-2-4-6-19)10-18-15(20)12-7-13(16)9-14(17)8-12/h7-9,11H,2-6,10,17H2,1H3,(H,18,20). The number of carbonyl (C=O) groups excluding carboxylic acids is 1. The summed E-state index contributed by atoms with van der Waals surface area (Å²) in [4.78, 5) is 14.4. The molecule has 0 aliphatic carbocycles. The summed E-state index contributed by atoms with van der Waals surface area (Å²) < 4.78 is 13.2. The molecule has 110 valence electrons. The van der Waals surface area contributed by atoms with Crippen LogP contribution in [0.15, 0.2) is 18.2 Å². The first-order chi connectivity index (χ1) is 9.56. The second-order valence-electron chi connectivity index (χ2n) is 5.43. The molecule has 0 spiro atoms. The van der Waals surface area contributed by atoms with Crippen molar-refractivity contribution in [1.82, 2.24) is 10.2 Å². The van der Waals surface area contributed by atoms with Crippen LogP contribution in [0.4, 0.5) is 10.1 Å². The lowest BCUT2D eigenvalue weighted by Crippen LogP contribution is -2.44. The SMILES string of the molecule is CC(CNC(=O)c1cc(N)cc(F)c1)N1CCCCC1. The van der Waals surface area contributed by atoms with Gasteiger partial charge in [0, 0.05) is 23.8 Å². The van der Waals surface area contributed by atoms with E-state index in [1.54, 1.807) is 0 Å². The summed E-state index contributed by atoms with van der Waals surface area (Å²) in [5.41, 5.74) is 6.08. The van der Waals surface area contributed by atoms with Crippen LogP contribution < -0.4 is 11.1 Å². The summed E-state index contributed by atoms with van der Waals surface area (Å²) in [6, 6.07) is 4.19. The molecule has 1 amide bonds. The molecule has 1 aromatic carbocycles. The summed E-state index contributed by atoms with van der Waals surface area (Å²) >= 11 is 0. The molecule has 1 aliphatic rings. The number of nitrogens with zero attached hydrogens (tertiary/aromatic N) is 1. The third-order valence-corrected chi connectivity index (χ3v) is 3.75. The average Bonchev–Trinajstić information content (AvgIpc) is 2.44. The molecule has 1 atom stereocenters. The van der Waals surface area contributed by atoms with E-state index >= 15 is 0 Å². The molecule has 4 nitrogen and oxygen atoms in total. The van der Waals surface area contributed by atoms with Crippen LogP contribution >= 0.6 is 0 Å². The maximum Gasteiger partial charge on any atom is 0.251 e. The van der Waals surface area contributed by atoms with E-state index in [1.165, 1.54) is 37.5 Å². The molecule has 1 aromatic rings. The lowest BCUT2D eigenvalue weighted by atomic mass is 10.1. The highest BCUT2D eigenvalue weighted by Gasteiger charge is 2.17. The van der Waals surface area contributed by atoms with Crippen LogP contribution in [0.1, 0.15) is 36.5 Å². The van der Waals surface area contributed by atoms with Crippen LogP contribution in [0.5, 0.6) is 0 Å². The van der Waals surface area contributed by atoms with E-state index in [0.29, 0.717) is 12.6 Å². The number of rotatable bonds is 4. The van der Waals surface area contributed by atoms with E-state index in [0.717, 1.165) is 13.1 Å². The summed E-state index contributed by atoms with van der Waals surface area (Å²) in [6.07, 6.45) is 3.73. The molecule has 0 saturated carbocycles. The second kappa shape index (κ2) is 6.70. The van der Waals surface area contributed by atoms with Crippen LogP contribution in [0, 0.1) is 5.82 Å². The predicted molar refractivity (Wildman–Crippen MR) is 78.0 cm³/mol. The van der Waals surface area contributed by atoms with Crippen molar-refractivity contribution >= 4 is 11.6 Å². The zero-order valence-corrected chi connectivity index (χ0v) is 11.9. The second-order valence-corrected chi connectivity index (χ2v) is 5.43. The lowest BCUT2D eigenvalue weighted by Gasteiger charge is -2.32. The minimum absolute atomic E-state index is 0.263. The van der Waals surface area contributed by atoms with Gasteiger partial charge in [-0.1, -0.05) is 6.42 Å². The zero-order chi connectivity index (χ0) is 14.5. The van der Waals surface area contributed by atoms with Crippen LogP contribution in [0.3, 0.4) is 0 Å². The largest absolute Gasteiger partial charge is 0.399 e. The number of halogens is 1. The number of piperidine rings is 1. The Hall–Kier alpha value is -1.62. The van der Waals surface area contributed by atoms with Crippen molar-refractivity contribution in [2.24, 2.45) is 0 Å². The topological polar surface area (TPSA) is 58.4 Å². The van der Waals surface area contributed by atoms with Gasteiger partial charge in [-0.25, -0.2) is 4.39 Å². The van der Waals surface area contributed by atoms with Gasteiger partial charge in [0.05, 0.1) is 0 Å². The Bertz CT molecular complexity index is 452. The minimum atomic E-state index is -0.487. The van der Waals surface area contributed by atoms with E-state index < -0.39 is 5.82 Å². The Morgan fingerprint density at radius 3 is 2.70 bits per heavy atom. The number of anilines is 1. The Kier molecular flexibility index (Phi) is 4.95. The van der Waals surface area contributed by atoms with Crippen LogP contribution in [-0.4, -0.2) is 36.5 Å². The fraction of sp³-hybridized carbons (Fsp3) is 0.533. The smallest absolute Gasteiger partial charge is 0.251 e. The molecule has 3 N–H and O–H groups in total. The average molecular weight is 279 g/mol. The number of benzene rings is 1. The normalized spacial score (nSPS) is 17.7. The Morgan fingerprint density at radius 1 is 1.35 bits per heavy atom. The molecule has 1 fully saturated rings. The van der Waals surface area contributed by atoms with Crippen molar-refractivity contribution < 1.29 is 9.18 Å². The van der Waals surface area contributed by atoms with Crippen molar-refractivity contribution in [2.75, 3.05) is 25.4 Å². The molecule has 0 aromatic heterocycles. The number of nitrogens with two attached hydrogens (primary N) is 1. The lowest BCUT2D eigenvalue weighted by molar-refractivity contribution is 0.0929. The quantitative estimate of drug-likeness (QED) is 0.829. The molecular formula is C15H22FN3O. The van der Waals surface area contributed by atoms with Gasteiger partial charge in [-0.05, 0) is 51.1 Å². The summed E-state index contributed by atoms with van der Waals surface area (Å²) in [6.45, 7) is 4.84. The van der Waals surface area contributed by atoms with Crippen LogP contribution in [0.25, 0.3) is 0 Å². The first-order valence-corrected chi connectivity index (χ1v) is 7.14. The van der Waals surface area contributed by atoms with Crippen molar-refractivity contribution in [3.05, 3.63) is 29.6 Å². The Labute approximate surface area is 119 Å². The monoisotopic (exact) mass is 279 g/mol. The van der Waals surface area contributed by atoms with E-state index in [9.17, 15) is 9.18 Å². The highest BCUT2D eigenvalue weighted by molar-refractivity contribution is 5.95. The number of hydrogen-bond donors (Lipinski definition) is 2. The first-order valence-electron chi connectivity index (χ1n) is 7.14. The highest BCUT2D eigenvalue weighted by atomic mass is 19.1. The van der Waals surface area contributed by atoms with Crippen molar-refractivity contribution in [3.63, 3.8) is 0 Å². The maximum absolute atomic E-state index is 13.2. The third-order valence-electron chi connectivity index (χ3n) is 3.75. The predicted octanol–water partition coefficient (Wildman–Crippen LogP) is 2.01. The van der Waals surface area contributed by atoms with E-state index in [4.69, 9.17) is 5.73 Å². The summed E-state index contributed by atoms with van der Waals surface area (Å²) in [7, 11) is 0. The van der Waals surface area contributed by atoms with E-state index in [-0.39, 0.29) is 17.2 Å². The fourth-order valence-electron chi connectivity index (χ4n) is 2.57. The number of carbonyl (C=O) groups is 1. The fourth-order valence-corrected chi connectivity index (χ4v) is 2.57. The van der Waals surface area contributed by atoms with Gasteiger partial charge < -0.3 is 11.1 Å². The van der Waals surface area contributed by atoms with Crippen LogP contribution in [-0.2, 0) is 0 Å². The maximum atomic E-state index is 13.2. The number of nitrogen functional groups attached to an aromatic ring is 1. The summed E-state index contributed by atoms with van der Waals surface area (Å²) in [5.74, 6) is -0.765. The number of likely N-dealkylation sites (tertiary alicyclic amines) is 1. The van der Waals surface area contributed by atoms with Gasteiger partial charge in [0.1, 0.15) is 5.82 Å². The summed E-state index contributed by atoms with van der Waals surface area (Å²) in [5, 5.41) is 2.85. The molecule has 0 radical (unpaired) electrons. The number of nitrogens with one attached hydrogen (secondary N) is 1. The van der Waals surface area contributed by atoms with Crippen molar-refractivity contribution in [2.45, 2.75) is 32.2 Å². The number of amides is 1. The molecule has 5 heteroatoms. The number of hydrogen-bond acceptors (Lipinski definition) is 3. The van der Waals surface area contributed by atoms with Gasteiger partial charge in [-0.2, -0.15) is 0 Å². The van der Waals surface area contributed by atoms with Crippen molar-refractivity contribution in [3.8, 4) is 0 Å². The molecule has 2 rings (SSSR count). The van der Waals surface area contributed by atoms with Crippen molar-refractivity contribution in [1.29, 1.82) is 0 Å². The van der Waals surface area contributed by atoms with Gasteiger partial charge >= 0.3 is 0 Å². The first kappa shape index (κ1) is 14.8. The molecule has 1 heterocycles. The third kappa shape index (κ3) is 3.93. The van der Waals surface area contributed by atoms with Crippen LogP contribution in [0.2, 0.25) is 0 Å². The molecule has 1 aliphatic heterocycles. The minimum Gasteiger partial charge on any atom is -0.399 e. The van der Waals surface area contributed by atoms with E-state index in [1.807, 2.05) is 0 Å². The molecule has 0 bridgehead atoms. The van der Waals surface area contributed by atoms with Gasteiger partial charge in [0.15, 0.2) is 0 Å². The Morgan fingerprint density at radius 2 is 2.05 bits per heavy atom.